The van der Waals surface area contributed by atoms with Crippen molar-refractivity contribution in [3.05, 3.63) is 59.7 Å². The Bertz CT molecular complexity index is 695. The molecule has 5 nitrogen and oxygen atoms in total. The van der Waals surface area contributed by atoms with Crippen LogP contribution in [0, 0.1) is 0 Å². The van der Waals surface area contributed by atoms with Crippen LogP contribution in [0.25, 0.3) is 0 Å². The summed E-state index contributed by atoms with van der Waals surface area (Å²) in [5.74, 6) is 0.0431. The first-order valence-corrected chi connectivity index (χ1v) is 7.86. The molecule has 0 heterocycles. The van der Waals surface area contributed by atoms with Crippen molar-refractivity contribution in [2.24, 2.45) is 0 Å². The molecular formula is C19H21NO4. The van der Waals surface area contributed by atoms with E-state index in [4.69, 9.17) is 9.47 Å². The van der Waals surface area contributed by atoms with Gasteiger partial charge in [-0.3, -0.25) is 4.79 Å². The first kappa shape index (κ1) is 17.5. The van der Waals surface area contributed by atoms with E-state index in [-0.39, 0.29) is 11.9 Å². The van der Waals surface area contributed by atoms with Gasteiger partial charge < -0.3 is 14.8 Å². The number of esters is 1. The molecule has 0 fully saturated rings. The summed E-state index contributed by atoms with van der Waals surface area (Å²) < 4.78 is 10.2. The van der Waals surface area contributed by atoms with Gasteiger partial charge in [0.2, 0.25) is 0 Å². The van der Waals surface area contributed by atoms with Crippen LogP contribution in [0.15, 0.2) is 48.5 Å². The van der Waals surface area contributed by atoms with E-state index in [1.54, 1.807) is 55.6 Å². The molecule has 2 aromatic carbocycles. The molecule has 126 valence electrons. The van der Waals surface area contributed by atoms with Gasteiger partial charge in [0.15, 0.2) is 0 Å². The molecule has 24 heavy (non-hydrogen) atoms. The van der Waals surface area contributed by atoms with Crippen LogP contribution < -0.4 is 10.1 Å². The van der Waals surface area contributed by atoms with E-state index < -0.39 is 0 Å². The second-order valence-corrected chi connectivity index (χ2v) is 5.25. The summed E-state index contributed by atoms with van der Waals surface area (Å²) in [6.45, 7) is 2.43. The molecule has 0 saturated heterocycles. The quantitative estimate of drug-likeness (QED) is 0.619. The van der Waals surface area contributed by atoms with Gasteiger partial charge in [-0.05, 0) is 48.9 Å². The molecule has 0 unspecified atom stereocenters. The Morgan fingerprint density at radius 1 is 1.04 bits per heavy atom. The normalized spacial score (nSPS) is 10.1. The van der Waals surface area contributed by atoms with Crippen molar-refractivity contribution in [2.45, 2.75) is 19.8 Å². The van der Waals surface area contributed by atoms with Crippen LogP contribution in [-0.4, -0.2) is 25.6 Å². The Labute approximate surface area is 141 Å². The molecule has 1 amide bonds. The van der Waals surface area contributed by atoms with Crippen molar-refractivity contribution in [3.8, 4) is 5.75 Å². The van der Waals surface area contributed by atoms with Gasteiger partial charge in [-0.15, -0.1) is 0 Å². The van der Waals surface area contributed by atoms with Gasteiger partial charge in [0.05, 0.1) is 19.3 Å². The minimum absolute atomic E-state index is 0.255. The van der Waals surface area contributed by atoms with Gasteiger partial charge in [0, 0.05) is 11.3 Å². The van der Waals surface area contributed by atoms with Gasteiger partial charge in [0.1, 0.15) is 5.75 Å². The van der Waals surface area contributed by atoms with Gasteiger partial charge in [-0.2, -0.15) is 0 Å². The van der Waals surface area contributed by atoms with Crippen LogP contribution in [-0.2, 0) is 4.74 Å². The lowest BCUT2D eigenvalue weighted by Crippen LogP contribution is -2.13. The number of rotatable bonds is 7. The van der Waals surface area contributed by atoms with Crippen molar-refractivity contribution in [3.63, 3.8) is 0 Å². The smallest absolute Gasteiger partial charge is 0.338 e. The number of ether oxygens (including phenoxy) is 2. The minimum atomic E-state index is -0.385. The fourth-order valence-corrected chi connectivity index (χ4v) is 2.06. The van der Waals surface area contributed by atoms with E-state index in [0.717, 1.165) is 12.8 Å². The number of amides is 1. The number of hydrogen-bond donors (Lipinski definition) is 1. The molecule has 0 aliphatic carbocycles. The average Bonchev–Trinajstić information content (AvgIpc) is 2.62. The van der Waals surface area contributed by atoms with Crippen molar-refractivity contribution in [1.29, 1.82) is 0 Å². The van der Waals surface area contributed by atoms with Crippen molar-refractivity contribution in [1.82, 2.24) is 0 Å². The van der Waals surface area contributed by atoms with Gasteiger partial charge in [0.25, 0.3) is 5.91 Å². The summed E-state index contributed by atoms with van der Waals surface area (Å²) in [5.41, 5.74) is 1.46. The number of anilines is 1. The SMILES string of the molecule is CCCCOC(=O)c1cccc(NC(=O)c2ccc(OC)cc2)c1. The van der Waals surface area contributed by atoms with Crippen molar-refractivity contribution >= 4 is 17.6 Å². The third-order valence-electron chi connectivity index (χ3n) is 3.44. The van der Waals surface area contributed by atoms with Crippen LogP contribution in [0.3, 0.4) is 0 Å². The summed E-state index contributed by atoms with van der Waals surface area (Å²) in [5, 5.41) is 2.77. The molecule has 0 aliphatic heterocycles. The molecule has 0 atom stereocenters. The first-order valence-electron chi connectivity index (χ1n) is 7.86. The number of carbonyl (C=O) groups excluding carboxylic acids is 2. The van der Waals surface area contributed by atoms with Crippen LogP contribution >= 0.6 is 0 Å². The highest BCUT2D eigenvalue weighted by Gasteiger charge is 2.10. The second kappa shape index (κ2) is 8.72. The zero-order valence-electron chi connectivity index (χ0n) is 13.9. The van der Waals surface area contributed by atoms with E-state index in [1.165, 1.54) is 0 Å². The number of unbranched alkanes of at least 4 members (excludes halogenated alkanes) is 1. The number of benzene rings is 2. The molecule has 0 bridgehead atoms. The Morgan fingerprint density at radius 2 is 1.79 bits per heavy atom. The van der Waals surface area contributed by atoms with E-state index in [1.807, 2.05) is 6.92 Å². The molecule has 0 spiro atoms. The highest BCUT2D eigenvalue weighted by molar-refractivity contribution is 6.04. The Kier molecular flexibility index (Phi) is 6.37. The lowest BCUT2D eigenvalue weighted by atomic mass is 10.1. The van der Waals surface area contributed by atoms with Crippen molar-refractivity contribution in [2.75, 3.05) is 19.0 Å². The highest BCUT2D eigenvalue weighted by Crippen LogP contribution is 2.15. The number of methoxy groups -OCH3 is 1. The molecular weight excluding hydrogens is 306 g/mol. The molecule has 0 aromatic heterocycles. The molecule has 2 aromatic rings. The number of hydrogen-bond acceptors (Lipinski definition) is 4. The molecule has 5 heteroatoms. The first-order chi connectivity index (χ1) is 11.6. The van der Waals surface area contributed by atoms with Crippen LogP contribution in [0.5, 0.6) is 5.75 Å². The van der Waals surface area contributed by atoms with E-state index in [9.17, 15) is 9.59 Å². The Hall–Kier alpha value is -2.82. The number of nitrogens with one attached hydrogen (secondary N) is 1. The molecule has 1 N–H and O–H groups in total. The van der Waals surface area contributed by atoms with Crippen molar-refractivity contribution < 1.29 is 19.1 Å². The second-order valence-electron chi connectivity index (χ2n) is 5.25. The maximum absolute atomic E-state index is 12.2. The predicted octanol–water partition coefficient (Wildman–Crippen LogP) is 3.90. The lowest BCUT2D eigenvalue weighted by molar-refractivity contribution is 0.0499. The van der Waals surface area contributed by atoms with Crippen LogP contribution in [0.1, 0.15) is 40.5 Å². The summed E-state index contributed by atoms with van der Waals surface area (Å²) in [4.78, 5) is 24.2. The standard InChI is InChI=1S/C19H21NO4/c1-3-4-12-24-19(22)15-6-5-7-16(13-15)20-18(21)14-8-10-17(23-2)11-9-14/h5-11,13H,3-4,12H2,1-2H3,(H,20,21). The van der Waals surface area contributed by atoms with Gasteiger partial charge in [-0.1, -0.05) is 19.4 Å². The molecule has 0 radical (unpaired) electrons. The Morgan fingerprint density at radius 3 is 2.46 bits per heavy atom. The number of carbonyl (C=O) groups is 2. The Balaban J connectivity index is 2.02. The monoisotopic (exact) mass is 327 g/mol. The third-order valence-corrected chi connectivity index (χ3v) is 3.44. The van der Waals surface area contributed by atoms with Gasteiger partial charge in [-0.25, -0.2) is 4.79 Å². The van der Waals surface area contributed by atoms with Crippen LogP contribution in [0.4, 0.5) is 5.69 Å². The maximum Gasteiger partial charge on any atom is 0.338 e. The van der Waals surface area contributed by atoms with E-state index in [0.29, 0.717) is 29.2 Å². The largest absolute Gasteiger partial charge is 0.497 e. The summed E-state index contributed by atoms with van der Waals surface area (Å²) in [7, 11) is 1.57. The third kappa shape index (κ3) is 4.84. The molecule has 0 aliphatic rings. The van der Waals surface area contributed by atoms with E-state index in [2.05, 4.69) is 5.32 Å². The van der Waals surface area contributed by atoms with Gasteiger partial charge >= 0.3 is 5.97 Å². The maximum atomic E-state index is 12.2. The fraction of sp³-hybridized carbons (Fsp3) is 0.263. The average molecular weight is 327 g/mol. The predicted molar refractivity (Wildman–Crippen MR) is 92.6 cm³/mol. The zero-order chi connectivity index (χ0) is 17.4. The zero-order valence-corrected chi connectivity index (χ0v) is 13.9. The van der Waals surface area contributed by atoms with E-state index >= 15 is 0 Å². The fourth-order valence-electron chi connectivity index (χ4n) is 2.06. The summed E-state index contributed by atoms with van der Waals surface area (Å²) in [6.07, 6.45) is 1.80. The lowest BCUT2D eigenvalue weighted by Gasteiger charge is -2.08. The summed E-state index contributed by atoms with van der Waals surface area (Å²) >= 11 is 0. The molecule has 2 rings (SSSR count). The highest BCUT2D eigenvalue weighted by atomic mass is 16.5. The molecule has 0 saturated carbocycles. The minimum Gasteiger partial charge on any atom is -0.497 e. The topological polar surface area (TPSA) is 64.6 Å². The summed E-state index contributed by atoms with van der Waals surface area (Å²) in [6, 6.07) is 13.5. The van der Waals surface area contributed by atoms with Crippen LogP contribution in [0.2, 0.25) is 0 Å².